The molecule has 1 aromatic carbocycles. The molecule has 1 amide bonds. The van der Waals surface area contributed by atoms with Crippen LogP contribution >= 0.6 is 0 Å². The highest BCUT2D eigenvalue weighted by Gasteiger charge is 2.29. The van der Waals surface area contributed by atoms with Gasteiger partial charge in [-0.3, -0.25) is 9.20 Å². The molecule has 2 fully saturated rings. The van der Waals surface area contributed by atoms with Crippen molar-refractivity contribution in [2.24, 2.45) is 5.92 Å². The van der Waals surface area contributed by atoms with Gasteiger partial charge in [0.1, 0.15) is 11.5 Å². The van der Waals surface area contributed by atoms with Crippen LogP contribution in [0.2, 0.25) is 0 Å². The minimum absolute atomic E-state index is 0.0298. The lowest BCUT2D eigenvalue weighted by atomic mass is 10.1. The molecule has 5 heterocycles. The van der Waals surface area contributed by atoms with E-state index in [1.807, 2.05) is 39.6 Å². The Kier molecular flexibility index (Phi) is 5.34. The number of rotatable bonds is 3. The van der Waals surface area contributed by atoms with Crippen molar-refractivity contribution < 1.29 is 9.90 Å². The number of aliphatic hydroxyl groups is 1. The van der Waals surface area contributed by atoms with Gasteiger partial charge in [0.15, 0.2) is 5.65 Å². The summed E-state index contributed by atoms with van der Waals surface area (Å²) in [6.07, 6.45) is 1.94. The predicted molar refractivity (Wildman–Crippen MR) is 133 cm³/mol. The molecule has 3 aromatic heterocycles. The van der Waals surface area contributed by atoms with E-state index < -0.39 is 0 Å². The molecule has 2 aliphatic heterocycles. The standard InChI is InChI=1S/C26H30N6O2/c1-29-10-4-11-30(14-13-29)23-8-7-19-15-20(26(34)31-12-9-18(16-31)17-33)25-27-21-5-2-3-6-22(21)32(25)24(19)28-23/h2-3,5-8,15,18,33H,4,9-14,16-17H2,1H3. The van der Waals surface area contributed by atoms with Gasteiger partial charge in [0.2, 0.25) is 0 Å². The Morgan fingerprint density at radius 3 is 2.76 bits per heavy atom. The normalized spacial score (nSPS) is 20.0. The van der Waals surface area contributed by atoms with Crippen LogP contribution in [-0.2, 0) is 0 Å². The molecule has 8 heteroatoms. The Bertz CT molecular complexity index is 1380. The van der Waals surface area contributed by atoms with Gasteiger partial charge >= 0.3 is 0 Å². The zero-order valence-electron chi connectivity index (χ0n) is 19.5. The highest BCUT2D eigenvalue weighted by Crippen LogP contribution is 2.29. The third kappa shape index (κ3) is 3.58. The predicted octanol–water partition coefficient (Wildman–Crippen LogP) is 2.63. The molecular formula is C26H30N6O2. The Morgan fingerprint density at radius 1 is 1.03 bits per heavy atom. The largest absolute Gasteiger partial charge is 0.396 e. The molecule has 0 radical (unpaired) electrons. The number of anilines is 1. The molecule has 0 aliphatic carbocycles. The number of hydrogen-bond donors (Lipinski definition) is 1. The summed E-state index contributed by atoms with van der Waals surface area (Å²) in [5.74, 6) is 1.08. The van der Waals surface area contributed by atoms with Crippen molar-refractivity contribution in [1.29, 1.82) is 0 Å². The molecule has 176 valence electrons. The van der Waals surface area contributed by atoms with Gasteiger partial charge in [-0.25, -0.2) is 9.97 Å². The maximum atomic E-state index is 13.6. The zero-order valence-corrected chi connectivity index (χ0v) is 19.5. The van der Waals surface area contributed by atoms with Crippen molar-refractivity contribution in [2.45, 2.75) is 12.8 Å². The van der Waals surface area contributed by atoms with Gasteiger partial charge in [0.25, 0.3) is 5.91 Å². The summed E-state index contributed by atoms with van der Waals surface area (Å²) in [5.41, 5.74) is 3.86. The van der Waals surface area contributed by atoms with Crippen LogP contribution in [0.3, 0.4) is 0 Å². The fraction of sp³-hybridized carbons (Fsp3) is 0.423. The minimum Gasteiger partial charge on any atom is -0.396 e. The number of likely N-dealkylation sites (N-methyl/N-ethyl adjacent to an activating group) is 1. The first-order valence-corrected chi connectivity index (χ1v) is 12.2. The second-order valence-corrected chi connectivity index (χ2v) is 9.63. The number of nitrogens with zero attached hydrogens (tertiary/aromatic N) is 6. The summed E-state index contributed by atoms with van der Waals surface area (Å²) >= 11 is 0. The van der Waals surface area contributed by atoms with Crippen LogP contribution in [0.5, 0.6) is 0 Å². The van der Waals surface area contributed by atoms with E-state index in [9.17, 15) is 9.90 Å². The van der Waals surface area contributed by atoms with Gasteiger partial charge < -0.3 is 19.8 Å². The smallest absolute Gasteiger partial charge is 0.257 e. The van der Waals surface area contributed by atoms with Crippen LogP contribution in [0.4, 0.5) is 5.82 Å². The maximum Gasteiger partial charge on any atom is 0.257 e. The second-order valence-electron chi connectivity index (χ2n) is 9.63. The molecule has 6 rings (SSSR count). The van der Waals surface area contributed by atoms with E-state index in [2.05, 4.69) is 29.0 Å². The molecule has 8 nitrogen and oxygen atoms in total. The number of carbonyl (C=O) groups is 1. The van der Waals surface area contributed by atoms with Crippen LogP contribution in [0.1, 0.15) is 23.2 Å². The number of aromatic nitrogens is 3. The molecule has 0 bridgehead atoms. The Morgan fingerprint density at radius 2 is 1.91 bits per heavy atom. The SMILES string of the molecule is CN1CCCN(c2ccc3cc(C(=O)N4CCC(CO)C4)c4nc5ccccc5n4c3n2)CC1. The quantitative estimate of drug-likeness (QED) is 0.509. The molecule has 4 aromatic rings. The van der Waals surface area contributed by atoms with Crippen molar-refractivity contribution in [1.82, 2.24) is 24.2 Å². The van der Waals surface area contributed by atoms with Gasteiger partial charge in [-0.2, -0.15) is 0 Å². The Hall–Kier alpha value is -3.23. The van der Waals surface area contributed by atoms with Gasteiger partial charge in [0.05, 0.1) is 16.6 Å². The van der Waals surface area contributed by atoms with E-state index in [-0.39, 0.29) is 18.4 Å². The van der Waals surface area contributed by atoms with E-state index in [1.165, 1.54) is 0 Å². The van der Waals surface area contributed by atoms with Crippen molar-refractivity contribution >= 4 is 39.4 Å². The van der Waals surface area contributed by atoms with E-state index in [0.717, 1.165) is 66.9 Å². The molecule has 0 spiro atoms. The van der Waals surface area contributed by atoms with Gasteiger partial charge in [-0.05, 0) is 56.8 Å². The first-order valence-electron chi connectivity index (χ1n) is 12.2. The number of amides is 1. The first kappa shape index (κ1) is 21.3. The van der Waals surface area contributed by atoms with Crippen LogP contribution in [0.25, 0.3) is 27.7 Å². The monoisotopic (exact) mass is 458 g/mol. The summed E-state index contributed by atoms with van der Waals surface area (Å²) in [4.78, 5) is 30.1. The van der Waals surface area contributed by atoms with Crippen LogP contribution in [0.15, 0.2) is 42.5 Å². The lowest BCUT2D eigenvalue weighted by Crippen LogP contribution is -2.30. The van der Waals surface area contributed by atoms with Crippen molar-refractivity contribution in [3.05, 3.63) is 48.0 Å². The average Bonchev–Trinajstić information content (AvgIpc) is 3.44. The van der Waals surface area contributed by atoms with Gasteiger partial charge in [-0.1, -0.05) is 12.1 Å². The van der Waals surface area contributed by atoms with Crippen LogP contribution < -0.4 is 4.90 Å². The Balaban J connectivity index is 1.51. The highest BCUT2D eigenvalue weighted by atomic mass is 16.3. The fourth-order valence-corrected chi connectivity index (χ4v) is 5.33. The number of fused-ring (bicyclic) bond motifs is 5. The molecule has 1 N–H and O–H groups in total. The molecule has 34 heavy (non-hydrogen) atoms. The number of pyridine rings is 2. The number of imidazole rings is 1. The average molecular weight is 459 g/mol. The van der Waals surface area contributed by atoms with E-state index >= 15 is 0 Å². The number of para-hydroxylation sites is 2. The first-order chi connectivity index (χ1) is 16.6. The summed E-state index contributed by atoms with van der Waals surface area (Å²) in [6, 6.07) is 14.1. The molecule has 2 saturated heterocycles. The second kappa shape index (κ2) is 8.52. The highest BCUT2D eigenvalue weighted by molar-refractivity contribution is 6.05. The zero-order chi connectivity index (χ0) is 23.2. The van der Waals surface area contributed by atoms with Crippen LogP contribution in [-0.4, -0.2) is 88.1 Å². The number of aliphatic hydroxyl groups excluding tert-OH is 1. The van der Waals surface area contributed by atoms with Crippen molar-refractivity contribution in [3.63, 3.8) is 0 Å². The van der Waals surface area contributed by atoms with Gasteiger partial charge in [-0.15, -0.1) is 0 Å². The van der Waals surface area contributed by atoms with Gasteiger partial charge in [0, 0.05) is 50.6 Å². The molecule has 0 saturated carbocycles. The maximum absolute atomic E-state index is 13.6. The van der Waals surface area contributed by atoms with Crippen molar-refractivity contribution in [2.75, 3.05) is 57.8 Å². The lowest BCUT2D eigenvalue weighted by Gasteiger charge is -2.22. The Labute approximate surface area is 198 Å². The lowest BCUT2D eigenvalue weighted by molar-refractivity contribution is 0.0783. The molecule has 1 unspecified atom stereocenters. The van der Waals surface area contributed by atoms with E-state index in [4.69, 9.17) is 9.97 Å². The third-order valence-electron chi connectivity index (χ3n) is 7.31. The van der Waals surface area contributed by atoms with E-state index in [0.29, 0.717) is 24.3 Å². The number of hydrogen-bond acceptors (Lipinski definition) is 6. The molecule has 2 aliphatic rings. The number of likely N-dealkylation sites (tertiary alicyclic amines) is 1. The number of carbonyl (C=O) groups excluding carboxylic acids is 1. The fourth-order valence-electron chi connectivity index (χ4n) is 5.33. The van der Waals surface area contributed by atoms with Crippen LogP contribution in [0, 0.1) is 5.92 Å². The molecular weight excluding hydrogens is 428 g/mol. The molecule has 1 atom stereocenters. The van der Waals surface area contributed by atoms with Crippen molar-refractivity contribution in [3.8, 4) is 0 Å². The topological polar surface area (TPSA) is 77.2 Å². The summed E-state index contributed by atoms with van der Waals surface area (Å²) in [5, 5.41) is 10.5. The van der Waals surface area contributed by atoms with E-state index in [1.54, 1.807) is 0 Å². The summed E-state index contributed by atoms with van der Waals surface area (Å²) in [7, 11) is 2.17. The third-order valence-corrected chi connectivity index (χ3v) is 7.31. The number of benzene rings is 1. The summed E-state index contributed by atoms with van der Waals surface area (Å²) < 4.78 is 2.05. The summed E-state index contributed by atoms with van der Waals surface area (Å²) in [6.45, 7) is 5.40. The minimum atomic E-state index is -0.0298.